The maximum absolute atomic E-state index is 13.8. The van der Waals surface area contributed by atoms with Gasteiger partial charge in [0.1, 0.15) is 19.0 Å². The summed E-state index contributed by atoms with van der Waals surface area (Å²) in [4.78, 5) is 39.2. The number of hydrogen-bond donors (Lipinski definition) is 1. The molecule has 1 atom stereocenters. The minimum atomic E-state index is -0.571. The number of carbonyl (C=O) groups is 3. The van der Waals surface area contributed by atoms with Gasteiger partial charge in [0, 0.05) is 40.9 Å². The van der Waals surface area contributed by atoms with Crippen LogP contribution in [0.15, 0.2) is 96.1 Å². The summed E-state index contributed by atoms with van der Waals surface area (Å²) in [6.45, 7) is 5.49. The number of hydrogen-bond acceptors (Lipinski definition) is 7. The van der Waals surface area contributed by atoms with E-state index in [1.807, 2.05) is 60.0 Å². The number of esters is 2. The Hall–Kier alpha value is -4.27. The Bertz CT molecular complexity index is 1690. The number of anilines is 1. The molecule has 7 rings (SSSR count). The largest absolute Gasteiger partial charge is 0.462 e. The van der Waals surface area contributed by atoms with Crippen LogP contribution in [-0.2, 0) is 14.3 Å². The fourth-order valence-electron chi connectivity index (χ4n) is 6.52. The highest BCUT2D eigenvalue weighted by atomic mass is 32.1. The highest BCUT2D eigenvalue weighted by Gasteiger charge is 2.44. The first-order valence-corrected chi connectivity index (χ1v) is 16.1. The molecule has 1 N–H and O–H groups in total. The van der Waals surface area contributed by atoms with E-state index in [-0.39, 0.29) is 17.7 Å². The van der Waals surface area contributed by atoms with Gasteiger partial charge in [0.05, 0.1) is 31.5 Å². The Morgan fingerprint density at radius 1 is 0.977 bits per heavy atom. The number of piperidine rings is 3. The zero-order chi connectivity index (χ0) is 30.5. The van der Waals surface area contributed by atoms with Gasteiger partial charge in [0.2, 0.25) is 5.78 Å². The summed E-state index contributed by atoms with van der Waals surface area (Å²) in [6, 6.07) is 24.7. The molecular weight excluding hydrogens is 572 g/mol. The van der Waals surface area contributed by atoms with Crippen molar-refractivity contribution in [3.05, 3.63) is 113 Å². The molecule has 3 fully saturated rings. The number of benzene rings is 3. The standard InChI is InChI=1S/C36H37N2O5S/c1-2-42-35(40)27-11-8-12-29(19-27)37-20-31(32-24-44-34-14-7-6-13-30(32)34)36(41)43-23-28-21-38(17-15-25(28)16-18-38)22-33(39)26-9-4-3-5-10-26/h3-14,19,23-25,31,37H,2,15-18,20-22H2,1H3/q+1. The van der Waals surface area contributed by atoms with Crippen molar-refractivity contribution in [2.75, 3.05) is 44.6 Å². The second-order valence-corrected chi connectivity index (χ2v) is 12.6. The summed E-state index contributed by atoms with van der Waals surface area (Å²) in [7, 11) is 0. The molecule has 0 spiro atoms. The van der Waals surface area contributed by atoms with Gasteiger partial charge in [-0.15, -0.1) is 11.3 Å². The number of rotatable bonds is 11. The maximum atomic E-state index is 13.8. The molecule has 3 aliphatic heterocycles. The predicted molar refractivity (Wildman–Crippen MR) is 173 cm³/mol. The van der Waals surface area contributed by atoms with Gasteiger partial charge in [-0.1, -0.05) is 54.6 Å². The van der Waals surface area contributed by atoms with Crippen LogP contribution in [0.2, 0.25) is 0 Å². The fourth-order valence-corrected chi connectivity index (χ4v) is 7.54. The van der Waals surface area contributed by atoms with Crippen LogP contribution < -0.4 is 5.32 Å². The van der Waals surface area contributed by atoms with Crippen molar-refractivity contribution in [1.29, 1.82) is 0 Å². The number of Topliss-reactive ketones (excluding diaryl/α,β-unsaturated/α-hetero) is 1. The van der Waals surface area contributed by atoms with Crippen molar-refractivity contribution in [3.63, 3.8) is 0 Å². The molecule has 2 bridgehead atoms. The van der Waals surface area contributed by atoms with Crippen molar-refractivity contribution >= 4 is 44.8 Å². The van der Waals surface area contributed by atoms with E-state index in [4.69, 9.17) is 9.47 Å². The van der Waals surface area contributed by atoms with Crippen molar-refractivity contribution in [2.24, 2.45) is 5.92 Å². The number of nitrogens with one attached hydrogen (secondary N) is 1. The first-order valence-electron chi connectivity index (χ1n) is 15.2. The van der Waals surface area contributed by atoms with E-state index < -0.39 is 5.92 Å². The number of ketones is 1. The van der Waals surface area contributed by atoms with Crippen LogP contribution in [0.25, 0.3) is 10.1 Å². The molecule has 7 nitrogen and oxygen atoms in total. The highest BCUT2D eigenvalue weighted by Crippen LogP contribution is 2.38. The molecule has 0 saturated carbocycles. The lowest BCUT2D eigenvalue weighted by Gasteiger charge is -2.49. The molecule has 3 aliphatic rings. The van der Waals surface area contributed by atoms with Gasteiger partial charge in [-0.05, 0) is 53.4 Å². The molecule has 1 aromatic heterocycles. The monoisotopic (exact) mass is 609 g/mol. The summed E-state index contributed by atoms with van der Waals surface area (Å²) in [5.74, 6) is -0.758. The molecule has 8 heteroatoms. The lowest BCUT2D eigenvalue weighted by Crippen LogP contribution is -2.61. The molecular formula is C36H37N2O5S+. The number of nitrogens with zero attached hydrogens (tertiary/aromatic N) is 1. The molecule has 226 valence electrons. The van der Waals surface area contributed by atoms with E-state index >= 15 is 0 Å². The second-order valence-electron chi connectivity index (χ2n) is 11.7. The van der Waals surface area contributed by atoms with E-state index in [1.165, 1.54) is 0 Å². The first-order chi connectivity index (χ1) is 21.4. The fraction of sp³-hybridized carbons (Fsp3) is 0.306. The van der Waals surface area contributed by atoms with E-state index in [1.54, 1.807) is 42.7 Å². The van der Waals surface area contributed by atoms with E-state index in [0.29, 0.717) is 35.7 Å². The third kappa shape index (κ3) is 6.47. The minimum Gasteiger partial charge on any atom is -0.462 e. The highest BCUT2D eigenvalue weighted by molar-refractivity contribution is 7.17. The van der Waals surface area contributed by atoms with Crippen LogP contribution in [0.4, 0.5) is 5.69 Å². The summed E-state index contributed by atoms with van der Waals surface area (Å²) < 4.78 is 12.9. The number of carbonyl (C=O) groups excluding carboxylic acids is 3. The van der Waals surface area contributed by atoms with Crippen molar-refractivity contribution in [2.45, 2.75) is 25.7 Å². The van der Waals surface area contributed by atoms with Crippen LogP contribution in [0.3, 0.4) is 0 Å². The first kappa shape index (κ1) is 29.8. The summed E-state index contributed by atoms with van der Waals surface area (Å²) in [6.07, 6.45) is 3.65. The summed E-state index contributed by atoms with van der Waals surface area (Å²) >= 11 is 1.61. The Labute approximate surface area is 261 Å². The van der Waals surface area contributed by atoms with E-state index in [2.05, 4.69) is 11.4 Å². The van der Waals surface area contributed by atoms with Gasteiger partial charge >= 0.3 is 11.9 Å². The Kier molecular flexibility index (Phi) is 8.91. The lowest BCUT2D eigenvalue weighted by molar-refractivity contribution is -0.928. The van der Waals surface area contributed by atoms with Gasteiger partial charge in [0.15, 0.2) is 0 Å². The minimum absolute atomic E-state index is 0.157. The zero-order valence-corrected chi connectivity index (χ0v) is 25.7. The van der Waals surface area contributed by atoms with E-state index in [0.717, 1.165) is 64.9 Å². The quantitative estimate of drug-likeness (QED) is 0.0870. The topological polar surface area (TPSA) is 81.7 Å². The van der Waals surface area contributed by atoms with E-state index in [9.17, 15) is 14.4 Å². The summed E-state index contributed by atoms with van der Waals surface area (Å²) in [5, 5.41) is 6.42. The molecule has 0 radical (unpaired) electrons. The number of thiophene rings is 1. The van der Waals surface area contributed by atoms with Crippen molar-refractivity contribution < 1.29 is 28.3 Å². The lowest BCUT2D eigenvalue weighted by atomic mass is 9.81. The Morgan fingerprint density at radius 3 is 2.52 bits per heavy atom. The van der Waals surface area contributed by atoms with Gasteiger partial charge in [0.25, 0.3) is 0 Å². The van der Waals surface area contributed by atoms with Crippen molar-refractivity contribution in [3.8, 4) is 0 Å². The van der Waals surface area contributed by atoms with Crippen LogP contribution in [0.1, 0.15) is 52.0 Å². The normalized spacial score (nSPS) is 20.8. The van der Waals surface area contributed by atoms with Gasteiger partial charge < -0.3 is 19.3 Å². The Morgan fingerprint density at radius 2 is 1.73 bits per heavy atom. The molecule has 4 heterocycles. The molecule has 4 aromatic rings. The molecule has 44 heavy (non-hydrogen) atoms. The number of ether oxygens (including phenoxy) is 2. The molecule has 3 saturated heterocycles. The third-order valence-corrected chi connectivity index (χ3v) is 9.88. The molecule has 0 aliphatic carbocycles. The average molecular weight is 610 g/mol. The number of fused-ring (bicyclic) bond motifs is 4. The second kappa shape index (κ2) is 13.2. The molecule has 3 aromatic carbocycles. The number of quaternary nitrogens is 1. The Balaban J connectivity index is 1.20. The smallest absolute Gasteiger partial charge is 0.338 e. The molecule has 1 unspecified atom stereocenters. The van der Waals surface area contributed by atoms with Crippen molar-refractivity contribution in [1.82, 2.24) is 0 Å². The zero-order valence-electron chi connectivity index (χ0n) is 24.9. The summed E-state index contributed by atoms with van der Waals surface area (Å²) in [5.41, 5.74) is 3.94. The van der Waals surface area contributed by atoms with Crippen LogP contribution >= 0.6 is 11.3 Å². The maximum Gasteiger partial charge on any atom is 0.338 e. The van der Waals surface area contributed by atoms with Crippen LogP contribution in [0.5, 0.6) is 0 Å². The SMILES string of the molecule is CCOC(=O)c1cccc(NCC(C(=O)OC=C2C[N+]3(CC(=O)c4ccccc4)CCC2CC3)c2csc3ccccc23)c1. The van der Waals surface area contributed by atoms with Gasteiger partial charge in [-0.25, -0.2) is 4.79 Å². The third-order valence-electron chi connectivity index (χ3n) is 8.90. The predicted octanol–water partition coefficient (Wildman–Crippen LogP) is 6.82. The molecule has 0 amide bonds. The van der Waals surface area contributed by atoms with Gasteiger partial charge in [-0.3, -0.25) is 9.59 Å². The average Bonchev–Trinajstić information content (AvgIpc) is 3.49. The van der Waals surface area contributed by atoms with Crippen LogP contribution in [0, 0.1) is 5.92 Å². The van der Waals surface area contributed by atoms with Gasteiger partial charge in [-0.2, -0.15) is 0 Å². The van der Waals surface area contributed by atoms with Crippen LogP contribution in [-0.4, -0.2) is 61.5 Å².